The maximum atomic E-state index is 10.7. The summed E-state index contributed by atoms with van der Waals surface area (Å²) in [5.41, 5.74) is 2.27. The van der Waals surface area contributed by atoms with Gasteiger partial charge in [0.15, 0.2) is 0 Å². The third-order valence-electron chi connectivity index (χ3n) is 2.30. The summed E-state index contributed by atoms with van der Waals surface area (Å²) in [7, 11) is 0. The maximum absolute atomic E-state index is 10.7. The summed E-state index contributed by atoms with van der Waals surface area (Å²) in [6.07, 6.45) is 0.533. The summed E-state index contributed by atoms with van der Waals surface area (Å²) in [6, 6.07) is 7.31. The molecule has 0 bridgehead atoms. The number of carboxylic acid groups (broad SMARTS) is 1. The van der Waals surface area contributed by atoms with Crippen LogP contribution in [0.25, 0.3) is 5.32 Å². The molecule has 0 saturated carbocycles. The van der Waals surface area contributed by atoms with Crippen molar-refractivity contribution < 1.29 is 42.6 Å². The molecule has 3 nitrogen and oxygen atoms in total. The standard InChI is InChI=1S/C10H10NO2.Y/c12-10(13)9-5-7-3-1-2-4-8(7)6-11-9;/h1-4,9H,5-6H2,(H,12,13);/q-1;/t9-;/m1./s1. The third-order valence-corrected chi connectivity index (χ3v) is 2.30. The second kappa shape index (κ2) is 5.01. The zero-order valence-corrected chi connectivity index (χ0v) is 10.5. The van der Waals surface area contributed by atoms with Crippen LogP contribution in [0.3, 0.4) is 0 Å². The summed E-state index contributed by atoms with van der Waals surface area (Å²) in [5.74, 6) is -0.825. The van der Waals surface area contributed by atoms with Crippen LogP contribution < -0.4 is 0 Å². The van der Waals surface area contributed by atoms with Crippen LogP contribution in [0.2, 0.25) is 0 Å². The maximum Gasteiger partial charge on any atom is 0.285 e. The first-order valence-corrected chi connectivity index (χ1v) is 4.23. The van der Waals surface area contributed by atoms with Crippen LogP contribution in [0, 0.1) is 0 Å². The smallest absolute Gasteiger partial charge is 0.285 e. The Hall–Kier alpha value is -0.246. The van der Waals surface area contributed by atoms with Crippen LogP contribution in [0.1, 0.15) is 11.1 Å². The van der Waals surface area contributed by atoms with Gasteiger partial charge in [0.2, 0.25) is 0 Å². The van der Waals surface area contributed by atoms with Gasteiger partial charge in [-0.2, -0.15) is 0 Å². The van der Waals surface area contributed by atoms with Crippen molar-refractivity contribution in [3.8, 4) is 0 Å². The number of aliphatic carboxylic acids is 1. The van der Waals surface area contributed by atoms with Crippen molar-refractivity contribution in [1.29, 1.82) is 0 Å². The topological polar surface area (TPSA) is 51.4 Å². The van der Waals surface area contributed by atoms with Gasteiger partial charge in [-0.25, -0.2) is 0 Å². The first kappa shape index (κ1) is 11.8. The van der Waals surface area contributed by atoms with Gasteiger partial charge in [0.05, 0.1) is 0 Å². The van der Waals surface area contributed by atoms with Crippen molar-refractivity contribution in [3.05, 3.63) is 40.7 Å². The molecule has 71 valence electrons. The van der Waals surface area contributed by atoms with E-state index in [9.17, 15) is 4.79 Å². The molecule has 1 aromatic rings. The molecule has 1 aromatic carbocycles. The van der Waals surface area contributed by atoms with E-state index in [1.54, 1.807) is 0 Å². The van der Waals surface area contributed by atoms with Crippen molar-refractivity contribution in [1.82, 2.24) is 0 Å². The predicted octanol–water partition coefficient (Wildman–Crippen LogP) is 1.57. The fraction of sp³-hybridized carbons (Fsp3) is 0.300. The molecule has 1 aliphatic heterocycles. The minimum absolute atomic E-state index is 0. The van der Waals surface area contributed by atoms with Crippen LogP contribution in [0.15, 0.2) is 24.3 Å². The van der Waals surface area contributed by atoms with Crippen LogP contribution in [-0.4, -0.2) is 17.1 Å². The van der Waals surface area contributed by atoms with Crippen molar-refractivity contribution in [3.63, 3.8) is 0 Å². The monoisotopic (exact) mass is 265 g/mol. The van der Waals surface area contributed by atoms with Crippen molar-refractivity contribution in [2.45, 2.75) is 19.0 Å². The van der Waals surface area contributed by atoms with Gasteiger partial charge in [-0.15, -0.1) is 6.54 Å². The number of fused-ring (bicyclic) bond motifs is 1. The molecule has 0 saturated heterocycles. The summed E-state index contributed by atoms with van der Waals surface area (Å²) < 4.78 is 0. The number of benzene rings is 1. The summed E-state index contributed by atoms with van der Waals surface area (Å²) >= 11 is 0. The average molecular weight is 265 g/mol. The van der Waals surface area contributed by atoms with E-state index in [2.05, 4.69) is 5.32 Å². The van der Waals surface area contributed by atoms with E-state index in [1.807, 2.05) is 24.3 Å². The van der Waals surface area contributed by atoms with Crippen molar-refractivity contribution in [2.24, 2.45) is 0 Å². The summed E-state index contributed by atoms with van der Waals surface area (Å²) in [5, 5.41) is 12.8. The van der Waals surface area contributed by atoms with Gasteiger partial charge < -0.3 is 10.4 Å². The van der Waals surface area contributed by atoms with Crippen molar-refractivity contribution >= 4 is 5.97 Å². The number of nitrogens with zero attached hydrogens (tertiary/aromatic N) is 1. The molecule has 0 unspecified atom stereocenters. The van der Waals surface area contributed by atoms with Gasteiger partial charge in [-0.3, -0.25) is 4.79 Å². The minimum atomic E-state index is -0.825. The number of carbonyl (C=O) groups is 1. The summed E-state index contributed by atoms with van der Waals surface area (Å²) in [6.45, 7) is 0.535. The van der Waals surface area contributed by atoms with E-state index < -0.39 is 12.0 Å². The quantitative estimate of drug-likeness (QED) is 0.837. The van der Waals surface area contributed by atoms with E-state index in [4.69, 9.17) is 5.11 Å². The molecule has 1 aliphatic rings. The second-order valence-electron chi connectivity index (χ2n) is 3.17. The van der Waals surface area contributed by atoms with E-state index >= 15 is 0 Å². The zero-order chi connectivity index (χ0) is 9.26. The number of hydrogen-bond donors (Lipinski definition) is 1. The molecule has 0 spiro atoms. The number of hydrogen-bond acceptors (Lipinski definition) is 1. The van der Waals surface area contributed by atoms with Crippen molar-refractivity contribution in [2.75, 3.05) is 0 Å². The normalized spacial score (nSPS) is 19.3. The molecule has 1 heterocycles. The zero-order valence-electron chi connectivity index (χ0n) is 7.68. The summed E-state index contributed by atoms with van der Waals surface area (Å²) in [4.78, 5) is 10.7. The molecule has 14 heavy (non-hydrogen) atoms. The predicted molar refractivity (Wildman–Crippen MR) is 48.6 cm³/mol. The van der Waals surface area contributed by atoms with E-state index in [1.165, 1.54) is 0 Å². The molecule has 1 atom stereocenters. The Labute approximate surface area is 108 Å². The van der Waals surface area contributed by atoms with Gasteiger partial charge in [0.25, 0.3) is 5.97 Å². The SMILES string of the molecule is O=C(O)[C@H]1Cc2ccccc2C[N-]1.[Y]. The van der Waals surface area contributed by atoms with Gasteiger partial charge in [0, 0.05) is 32.7 Å². The molecule has 4 heteroatoms. The fourth-order valence-electron chi connectivity index (χ4n) is 1.56. The van der Waals surface area contributed by atoms with E-state index in [-0.39, 0.29) is 32.7 Å². The Morgan fingerprint density at radius 3 is 2.64 bits per heavy atom. The molecule has 0 aromatic heterocycles. The van der Waals surface area contributed by atoms with E-state index in [0.29, 0.717) is 13.0 Å². The van der Waals surface area contributed by atoms with Crippen LogP contribution in [0.4, 0.5) is 0 Å². The molecular weight excluding hydrogens is 255 g/mol. The van der Waals surface area contributed by atoms with Gasteiger partial charge >= 0.3 is 0 Å². The van der Waals surface area contributed by atoms with Crippen LogP contribution in [-0.2, 0) is 50.5 Å². The molecule has 2 rings (SSSR count). The molecular formula is C10H10NO2Y-. The Morgan fingerprint density at radius 1 is 1.36 bits per heavy atom. The Bertz CT molecular complexity index is 341. The van der Waals surface area contributed by atoms with Gasteiger partial charge in [-0.05, 0) is 18.0 Å². The van der Waals surface area contributed by atoms with Gasteiger partial charge in [-0.1, -0.05) is 29.8 Å². The molecule has 1 radical (unpaired) electrons. The minimum Gasteiger partial charge on any atom is -0.646 e. The van der Waals surface area contributed by atoms with E-state index in [0.717, 1.165) is 11.1 Å². The van der Waals surface area contributed by atoms with Crippen LogP contribution in [0.5, 0.6) is 0 Å². The Morgan fingerprint density at radius 2 is 2.00 bits per heavy atom. The third kappa shape index (κ3) is 2.41. The molecule has 1 N–H and O–H groups in total. The molecule has 0 amide bonds. The Kier molecular flexibility index (Phi) is 4.23. The molecule has 0 fully saturated rings. The first-order chi connectivity index (χ1) is 6.27. The number of carboxylic acids is 1. The Balaban J connectivity index is 0.000000980. The fourth-order valence-corrected chi connectivity index (χ4v) is 1.56. The largest absolute Gasteiger partial charge is 0.646 e. The average Bonchev–Trinajstić information content (AvgIpc) is 2.17. The second-order valence-corrected chi connectivity index (χ2v) is 3.17. The number of rotatable bonds is 1. The van der Waals surface area contributed by atoms with Crippen LogP contribution >= 0.6 is 0 Å². The molecule has 0 aliphatic carbocycles. The van der Waals surface area contributed by atoms with Gasteiger partial charge in [0.1, 0.15) is 0 Å². The first-order valence-electron chi connectivity index (χ1n) is 4.23.